The molecule has 4 rings (SSSR count). The Balaban J connectivity index is 1.93. The molecule has 9 heteroatoms. The maximum absolute atomic E-state index is 13.6. The summed E-state index contributed by atoms with van der Waals surface area (Å²) in [5, 5.41) is 11.0. The highest BCUT2D eigenvalue weighted by atomic mass is 32.1. The Hall–Kier alpha value is -3.85. The summed E-state index contributed by atoms with van der Waals surface area (Å²) in [7, 11) is 1.23. The fourth-order valence-electron chi connectivity index (χ4n) is 3.51. The largest absolute Gasteiger partial charge is 0.507 e. The summed E-state index contributed by atoms with van der Waals surface area (Å²) in [6.45, 7) is 1.58. The van der Waals surface area contributed by atoms with Crippen LogP contribution in [0.4, 0.5) is 9.52 Å². The van der Waals surface area contributed by atoms with Crippen LogP contribution in [0.3, 0.4) is 0 Å². The first-order valence-corrected chi connectivity index (χ1v) is 10.3. The number of benzene rings is 2. The van der Waals surface area contributed by atoms with Gasteiger partial charge in [-0.25, -0.2) is 14.2 Å². The Morgan fingerprint density at radius 3 is 2.41 bits per heavy atom. The van der Waals surface area contributed by atoms with Crippen molar-refractivity contribution in [3.05, 3.63) is 87.7 Å². The highest BCUT2D eigenvalue weighted by Crippen LogP contribution is 2.43. The number of aliphatic hydroxyl groups excluding tert-OH is 1. The number of ketones is 1. The summed E-state index contributed by atoms with van der Waals surface area (Å²) in [4.78, 5) is 43.8. The number of Topliss-reactive ketones (excluding diaryl/α,β-unsaturated/α-hetero) is 1. The Bertz CT molecular complexity index is 1250. The minimum absolute atomic E-state index is 0.0893. The van der Waals surface area contributed by atoms with E-state index in [9.17, 15) is 23.9 Å². The molecule has 1 aliphatic rings. The molecule has 0 aliphatic carbocycles. The lowest BCUT2D eigenvalue weighted by Crippen LogP contribution is -2.29. The molecule has 162 valence electrons. The Morgan fingerprint density at radius 1 is 1.12 bits per heavy atom. The van der Waals surface area contributed by atoms with Gasteiger partial charge in [0.25, 0.3) is 5.78 Å². The summed E-state index contributed by atoms with van der Waals surface area (Å²) in [5.74, 6) is -3.30. The quantitative estimate of drug-likeness (QED) is 0.278. The number of aliphatic hydroxyl groups is 1. The van der Waals surface area contributed by atoms with Gasteiger partial charge in [-0.1, -0.05) is 53.8 Å². The van der Waals surface area contributed by atoms with Crippen LogP contribution >= 0.6 is 11.3 Å². The maximum Gasteiger partial charge on any atom is 0.350 e. The van der Waals surface area contributed by atoms with Gasteiger partial charge in [-0.3, -0.25) is 14.5 Å². The summed E-state index contributed by atoms with van der Waals surface area (Å²) in [5.41, 5.74) is 0.929. The van der Waals surface area contributed by atoms with E-state index < -0.39 is 29.5 Å². The standard InChI is InChI=1S/C23H17FN2O5S/c1-12-20(22(30)31-2)32-23(25-12)26-17(13-8-10-15(24)11-9-13)16(19(28)21(26)29)18(27)14-6-4-3-5-7-14/h3-11,17,27H,1-2H3. The molecule has 1 atom stereocenters. The number of rotatable bonds is 4. The number of amides is 1. The lowest BCUT2D eigenvalue weighted by Gasteiger charge is -2.23. The van der Waals surface area contributed by atoms with Gasteiger partial charge >= 0.3 is 11.9 Å². The zero-order valence-corrected chi connectivity index (χ0v) is 17.9. The number of ether oxygens (including phenoxy) is 1. The Kier molecular flexibility index (Phi) is 5.58. The van der Waals surface area contributed by atoms with E-state index in [0.717, 1.165) is 16.2 Å². The van der Waals surface area contributed by atoms with Crippen LogP contribution in [0.2, 0.25) is 0 Å². The molecule has 32 heavy (non-hydrogen) atoms. The number of methoxy groups -OCH3 is 1. The molecule has 1 saturated heterocycles. The third-order valence-corrected chi connectivity index (χ3v) is 6.18. The van der Waals surface area contributed by atoms with Crippen LogP contribution in [-0.4, -0.2) is 34.9 Å². The summed E-state index contributed by atoms with van der Waals surface area (Å²) >= 11 is 0.895. The molecule has 0 spiro atoms. The monoisotopic (exact) mass is 452 g/mol. The lowest BCUT2D eigenvalue weighted by molar-refractivity contribution is -0.132. The average Bonchev–Trinajstić information content (AvgIpc) is 3.31. The number of thiazole rings is 1. The second-order valence-electron chi connectivity index (χ2n) is 6.99. The van der Waals surface area contributed by atoms with Gasteiger partial charge in [0.05, 0.1) is 24.4 Å². The van der Waals surface area contributed by atoms with Crippen LogP contribution in [0.25, 0.3) is 5.76 Å². The van der Waals surface area contributed by atoms with Gasteiger partial charge in [0.15, 0.2) is 5.13 Å². The van der Waals surface area contributed by atoms with Crippen molar-refractivity contribution in [2.75, 3.05) is 12.0 Å². The van der Waals surface area contributed by atoms with Crippen LogP contribution in [-0.2, 0) is 14.3 Å². The molecule has 2 heterocycles. The molecular weight excluding hydrogens is 435 g/mol. The van der Waals surface area contributed by atoms with Crippen molar-refractivity contribution >= 4 is 39.9 Å². The smallest absolute Gasteiger partial charge is 0.350 e. The molecule has 1 aliphatic heterocycles. The van der Waals surface area contributed by atoms with Crippen molar-refractivity contribution in [1.82, 2.24) is 4.98 Å². The van der Waals surface area contributed by atoms with Gasteiger partial charge in [-0.05, 0) is 24.6 Å². The molecule has 7 nitrogen and oxygen atoms in total. The predicted octanol–water partition coefficient (Wildman–Crippen LogP) is 4.00. The second kappa shape index (κ2) is 8.35. The van der Waals surface area contributed by atoms with E-state index in [2.05, 4.69) is 4.98 Å². The van der Waals surface area contributed by atoms with Crippen molar-refractivity contribution < 1.29 is 28.6 Å². The molecule has 2 aromatic carbocycles. The van der Waals surface area contributed by atoms with Crippen molar-refractivity contribution in [1.29, 1.82) is 0 Å². The van der Waals surface area contributed by atoms with Crippen molar-refractivity contribution in [2.24, 2.45) is 0 Å². The minimum atomic E-state index is -1.06. The number of carbonyl (C=O) groups excluding carboxylic acids is 3. The van der Waals surface area contributed by atoms with Crippen LogP contribution in [0, 0.1) is 12.7 Å². The zero-order chi connectivity index (χ0) is 23.0. The number of hydrogen-bond donors (Lipinski definition) is 1. The number of esters is 1. The van der Waals surface area contributed by atoms with Crippen LogP contribution < -0.4 is 4.90 Å². The van der Waals surface area contributed by atoms with Gasteiger partial charge in [0.1, 0.15) is 16.5 Å². The molecule has 1 aromatic heterocycles. The van der Waals surface area contributed by atoms with E-state index in [-0.39, 0.29) is 21.3 Å². The number of hydrogen-bond acceptors (Lipinski definition) is 7. The van der Waals surface area contributed by atoms with Gasteiger partial charge in [0, 0.05) is 5.56 Å². The molecule has 3 aromatic rings. The topological polar surface area (TPSA) is 96.8 Å². The van der Waals surface area contributed by atoms with Crippen molar-refractivity contribution in [3.8, 4) is 0 Å². The third-order valence-electron chi connectivity index (χ3n) is 5.04. The molecule has 1 fully saturated rings. The van der Waals surface area contributed by atoms with E-state index in [1.54, 1.807) is 37.3 Å². The molecule has 0 bridgehead atoms. The molecule has 1 N–H and O–H groups in total. The zero-order valence-electron chi connectivity index (χ0n) is 17.0. The highest BCUT2D eigenvalue weighted by molar-refractivity contribution is 7.17. The first-order chi connectivity index (χ1) is 15.3. The maximum atomic E-state index is 13.6. The first kappa shape index (κ1) is 21.4. The van der Waals surface area contributed by atoms with Gasteiger partial charge in [-0.15, -0.1) is 0 Å². The molecule has 1 unspecified atom stereocenters. The van der Waals surface area contributed by atoms with Crippen LogP contribution in [0.5, 0.6) is 0 Å². The van der Waals surface area contributed by atoms with E-state index in [1.807, 2.05) is 0 Å². The lowest BCUT2D eigenvalue weighted by atomic mass is 9.95. The normalized spacial score (nSPS) is 17.6. The molecule has 1 amide bonds. The van der Waals surface area contributed by atoms with Crippen LogP contribution in [0.15, 0.2) is 60.2 Å². The molecular formula is C23H17FN2O5S. The summed E-state index contributed by atoms with van der Waals surface area (Å²) in [6, 6.07) is 12.5. The molecule has 0 saturated carbocycles. The van der Waals surface area contributed by atoms with E-state index in [0.29, 0.717) is 16.8 Å². The van der Waals surface area contributed by atoms with E-state index >= 15 is 0 Å². The number of carbonyl (C=O) groups is 3. The number of anilines is 1. The third kappa shape index (κ3) is 3.56. The summed E-state index contributed by atoms with van der Waals surface area (Å²) in [6.07, 6.45) is 0. The van der Waals surface area contributed by atoms with Crippen molar-refractivity contribution in [3.63, 3.8) is 0 Å². The fraction of sp³-hybridized carbons (Fsp3) is 0.130. The SMILES string of the molecule is COC(=O)c1sc(N2C(=O)C(=O)C(=C(O)c3ccccc3)C2c2ccc(F)cc2)nc1C. The van der Waals surface area contributed by atoms with E-state index in [1.165, 1.54) is 31.4 Å². The van der Waals surface area contributed by atoms with Crippen molar-refractivity contribution in [2.45, 2.75) is 13.0 Å². The van der Waals surface area contributed by atoms with Gasteiger partial charge in [-0.2, -0.15) is 0 Å². The second-order valence-corrected chi connectivity index (χ2v) is 7.97. The number of aryl methyl sites for hydroxylation is 1. The highest BCUT2D eigenvalue weighted by Gasteiger charge is 2.48. The van der Waals surface area contributed by atoms with Gasteiger partial charge in [0.2, 0.25) is 0 Å². The number of aromatic nitrogens is 1. The van der Waals surface area contributed by atoms with Crippen LogP contribution in [0.1, 0.15) is 32.5 Å². The van der Waals surface area contributed by atoms with Gasteiger partial charge < -0.3 is 9.84 Å². The minimum Gasteiger partial charge on any atom is -0.507 e. The summed E-state index contributed by atoms with van der Waals surface area (Å²) < 4.78 is 18.3. The Labute approximate surface area is 186 Å². The number of halogens is 1. The average molecular weight is 452 g/mol. The molecule has 0 radical (unpaired) electrons. The first-order valence-electron chi connectivity index (χ1n) is 9.51. The number of nitrogens with zero attached hydrogens (tertiary/aromatic N) is 2. The Morgan fingerprint density at radius 2 is 1.78 bits per heavy atom. The predicted molar refractivity (Wildman–Crippen MR) is 116 cm³/mol. The van der Waals surface area contributed by atoms with E-state index in [4.69, 9.17) is 4.74 Å². The fourth-order valence-corrected chi connectivity index (χ4v) is 4.52.